The van der Waals surface area contributed by atoms with E-state index in [9.17, 15) is 5.11 Å². The van der Waals surface area contributed by atoms with Crippen molar-refractivity contribution in [3.05, 3.63) is 91.0 Å². The van der Waals surface area contributed by atoms with Gasteiger partial charge in [-0.15, -0.1) is 0 Å². The number of pyridine rings is 1. The lowest BCUT2D eigenvalue weighted by Gasteiger charge is -2.21. The van der Waals surface area contributed by atoms with E-state index in [2.05, 4.69) is 61.2 Å². The van der Waals surface area contributed by atoms with Gasteiger partial charge in [0.2, 0.25) is 0 Å². The van der Waals surface area contributed by atoms with Crippen LogP contribution >= 0.6 is 0 Å². The van der Waals surface area contributed by atoms with Crippen molar-refractivity contribution in [3.8, 4) is 39.4 Å². The molecule has 0 saturated heterocycles. The van der Waals surface area contributed by atoms with Crippen LogP contribution < -0.4 is 4.90 Å². The van der Waals surface area contributed by atoms with E-state index in [1.54, 1.807) is 6.07 Å². The largest absolute Gasteiger partial charge is 0.507 e. The lowest BCUT2D eigenvalue weighted by Crippen LogP contribution is -2.21. The quantitative estimate of drug-likeness (QED) is 0.398. The topological polar surface area (TPSA) is 36.4 Å². The van der Waals surface area contributed by atoms with Crippen molar-refractivity contribution < 1.29 is 5.11 Å². The Hall–Kier alpha value is -3.59. The number of aromatic nitrogens is 1. The molecule has 1 heterocycles. The van der Waals surface area contributed by atoms with Crippen LogP contribution in [-0.2, 0) is 0 Å². The van der Waals surface area contributed by atoms with Gasteiger partial charge in [0.15, 0.2) is 0 Å². The molecule has 30 heavy (non-hydrogen) atoms. The molecule has 0 aliphatic heterocycles. The summed E-state index contributed by atoms with van der Waals surface area (Å²) >= 11 is 0. The molecule has 4 aromatic rings. The Kier molecular flexibility index (Phi) is 5.80. The number of hydrogen-bond donors (Lipinski definition) is 1. The Morgan fingerprint density at radius 1 is 0.667 bits per heavy atom. The van der Waals surface area contributed by atoms with Gasteiger partial charge in [-0.2, -0.15) is 0 Å². The molecule has 0 atom stereocenters. The van der Waals surface area contributed by atoms with E-state index in [1.807, 2.05) is 42.5 Å². The average molecular weight is 395 g/mol. The maximum atomic E-state index is 10.4. The molecule has 0 unspecified atom stereocenters. The van der Waals surface area contributed by atoms with Gasteiger partial charge in [-0.3, -0.25) is 0 Å². The molecule has 1 N–H and O–H groups in total. The first kappa shape index (κ1) is 19.7. The number of aromatic hydroxyl groups is 1. The van der Waals surface area contributed by atoms with Gasteiger partial charge in [-0.05, 0) is 61.4 Å². The van der Waals surface area contributed by atoms with Gasteiger partial charge >= 0.3 is 0 Å². The maximum Gasteiger partial charge on any atom is 0.124 e. The molecule has 3 nitrogen and oxygen atoms in total. The number of nitrogens with zero attached hydrogens (tertiary/aromatic N) is 2. The Morgan fingerprint density at radius 2 is 1.30 bits per heavy atom. The van der Waals surface area contributed by atoms with Gasteiger partial charge in [-0.1, -0.05) is 54.6 Å². The first-order valence-corrected chi connectivity index (χ1v) is 10.4. The van der Waals surface area contributed by atoms with Crippen molar-refractivity contribution in [3.63, 3.8) is 0 Å². The van der Waals surface area contributed by atoms with Crippen molar-refractivity contribution in [1.82, 2.24) is 4.98 Å². The van der Waals surface area contributed by atoms with Crippen LogP contribution in [0.5, 0.6) is 5.75 Å². The second kappa shape index (κ2) is 8.83. The standard InChI is InChI=1S/C27H26N2O/c1-3-29(4-2)23-16-14-20(15-17-23)22-18-25(21-10-6-5-7-11-21)28-26(19-22)24-12-8-9-13-27(24)30/h5-19,30H,3-4H2,1-2H3. The fraction of sp³-hybridized carbons (Fsp3) is 0.148. The molecule has 0 amide bonds. The van der Waals surface area contributed by atoms with Crippen LogP contribution in [0.1, 0.15) is 13.8 Å². The summed E-state index contributed by atoms with van der Waals surface area (Å²) in [6.45, 7) is 6.32. The number of phenolic OH excluding ortho intramolecular Hbond substituents is 1. The maximum absolute atomic E-state index is 10.4. The summed E-state index contributed by atoms with van der Waals surface area (Å²) in [5, 5.41) is 10.4. The Labute approximate surface area is 178 Å². The van der Waals surface area contributed by atoms with E-state index in [0.717, 1.165) is 46.7 Å². The lowest BCUT2D eigenvalue weighted by molar-refractivity contribution is 0.477. The smallest absolute Gasteiger partial charge is 0.124 e. The number of para-hydroxylation sites is 1. The molecule has 4 rings (SSSR count). The molecule has 1 aromatic heterocycles. The molecule has 3 heteroatoms. The fourth-order valence-corrected chi connectivity index (χ4v) is 3.74. The molecule has 0 bridgehead atoms. The fourth-order valence-electron chi connectivity index (χ4n) is 3.74. The predicted molar refractivity (Wildman–Crippen MR) is 126 cm³/mol. The van der Waals surface area contributed by atoms with Crippen molar-refractivity contribution >= 4 is 5.69 Å². The number of hydrogen-bond acceptors (Lipinski definition) is 3. The minimum absolute atomic E-state index is 0.234. The minimum Gasteiger partial charge on any atom is -0.507 e. The highest BCUT2D eigenvalue weighted by molar-refractivity contribution is 5.78. The molecular weight excluding hydrogens is 368 g/mol. The molecule has 3 aromatic carbocycles. The molecule has 0 spiro atoms. The Morgan fingerprint density at radius 3 is 1.97 bits per heavy atom. The van der Waals surface area contributed by atoms with Crippen LogP contribution in [0.25, 0.3) is 33.6 Å². The number of phenols is 1. The van der Waals surface area contributed by atoms with E-state index in [4.69, 9.17) is 4.98 Å². The summed E-state index contributed by atoms with van der Waals surface area (Å²) < 4.78 is 0. The van der Waals surface area contributed by atoms with E-state index in [1.165, 1.54) is 5.69 Å². The Bertz CT molecular complexity index is 1120. The highest BCUT2D eigenvalue weighted by Crippen LogP contribution is 2.34. The van der Waals surface area contributed by atoms with Crippen molar-refractivity contribution in [2.45, 2.75) is 13.8 Å². The molecule has 0 radical (unpaired) electrons. The number of anilines is 1. The zero-order chi connectivity index (χ0) is 20.9. The van der Waals surface area contributed by atoms with Gasteiger partial charge in [0.25, 0.3) is 0 Å². The van der Waals surface area contributed by atoms with E-state index in [-0.39, 0.29) is 5.75 Å². The highest BCUT2D eigenvalue weighted by atomic mass is 16.3. The first-order valence-electron chi connectivity index (χ1n) is 10.4. The summed E-state index contributed by atoms with van der Waals surface area (Å²) in [6.07, 6.45) is 0. The van der Waals surface area contributed by atoms with Crippen molar-refractivity contribution in [2.75, 3.05) is 18.0 Å². The SMILES string of the molecule is CCN(CC)c1ccc(-c2cc(-c3ccccc3)nc(-c3ccccc3O)c2)cc1. The monoisotopic (exact) mass is 394 g/mol. The summed E-state index contributed by atoms with van der Waals surface area (Å²) in [7, 11) is 0. The third kappa shape index (κ3) is 4.06. The zero-order valence-corrected chi connectivity index (χ0v) is 17.4. The first-order chi connectivity index (χ1) is 14.7. The van der Waals surface area contributed by atoms with Crippen LogP contribution in [0.3, 0.4) is 0 Å². The predicted octanol–water partition coefficient (Wildman–Crippen LogP) is 6.63. The third-order valence-electron chi connectivity index (χ3n) is 5.40. The number of rotatable bonds is 6. The van der Waals surface area contributed by atoms with E-state index < -0.39 is 0 Å². The van der Waals surface area contributed by atoms with Crippen LogP contribution in [0, 0.1) is 0 Å². The zero-order valence-electron chi connectivity index (χ0n) is 17.4. The summed E-state index contributed by atoms with van der Waals surface area (Å²) in [6, 6.07) is 30.3. The van der Waals surface area contributed by atoms with Crippen LogP contribution in [0.4, 0.5) is 5.69 Å². The summed E-state index contributed by atoms with van der Waals surface area (Å²) in [4.78, 5) is 7.20. The van der Waals surface area contributed by atoms with Crippen molar-refractivity contribution in [2.24, 2.45) is 0 Å². The molecule has 0 fully saturated rings. The molecule has 150 valence electrons. The van der Waals surface area contributed by atoms with Gasteiger partial charge in [0.1, 0.15) is 5.75 Å². The van der Waals surface area contributed by atoms with Gasteiger partial charge in [0.05, 0.1) is 11.4 Å². The summed E-state index contributed by atoms with van der Waals surface area (Å²) in [5.74, 6) is 0.234. The lowest BCUT2D eigenvalue weighted by atomic mass is 9.99. The van der Waals surface area contributed by atoms with E-state index >= 15 is 0 Å². The van der Waals surface area contributed by atoms with Crippen LogP contribution in [0.2, 0.25) is 0 Å². The molecule has 0 aliphatic rings. The van der Waals surface area contributed by atoms with E-state index in [0.29, 0.717) is 0 Å². The van der Waals surface area contributed by atoms with Crippen LogP contribution in [0.15, 0.2) is 91.0 Å². The van der Waals surface area contributed by atoms with Gasteiger partial charge < -0.3 is 10.0 Å². The molecular formula is C27H26N2O. The molecule has 0 saturated carbocycles. The highest BCUT2D eigenvalue weighted by Gasteiger charge is 2.11. The van der Waals surface area contributed by atoms with Gasteiger partial charge in [-0.25, -0.2) is 4.98 Å². The second-order valence-electron chi connectivity index (χ2n) is 7.23. The number of benzene rings is 3. The normalized spacial score (nSPS) is 10.7. The second-order valence-corrected chi connectivity index (χ2v) is 7.23. The van der Waals surface area contributed by atoms with Gasteiger partial charge in [0, 0.05) is 29.9 Å². The summed E-state index contributed by atoms with van der Waals surface area (Å²) in [5.41, 5.74) is 6.86. The molecule has 0 aliphatic carbocycles. The third-order valence-corrected chi connectivity index (χ3v) is 5.40. The average Bonchev–Trinajstić information content (AvgIpc) is 2.81. The van der Waals surface area contributed by atoms with Crippen LogP contribution in [-0.4, -0.2) is 23.2 Å². The Balaban J connectivity index is 1.83. The van der Waals surface area contributed by atoms with Crippen molar-refractivity contribution in [1.29, 1.82) is 0 Å². The minimum atomic E-state index is 0.234.